The van der Waals surface area contributed by atoms with Crippen LogP contribution in [0.2, 0.25) is 0 Å². The summed E-state index contributed by atoms with van der Waals surface area (Å²) in [5.41, 5.74) is 2.75. The van der Waals surface area contributed by atoms with Crippen molar-refractivity contribution >= 4 is 33.3 Å². The van der Waals surface area contributed by atoms with Crippen LogP contribution in [0.15, 0.2) is 71.6 Å². The molecule has 0 aliphatic carbocycles. The second-order valence-electron chi connectivity index (χ2n) is 6.78. The van der Waals surface area contributed by atoms with Crippen molar-refractivity contribution in [3.8, 4) is 0 Å². The number of carbonyl (C=O) groups excluding carboxylic acids is 1. The highest BCUT2D eigenvalue weighted by Crippen LogP contribution is 2.20. The quantitative estimate of drug-likeness (QED) is 0.552. The molecule has 8 heteroatoms. The molecule has 0 aliphatic rings. The van der Waals surface area contributed by atoms with Crippen LogP contribution < -0.4 is 10.0 Å². The Morgan fingerprint density at radius 2 is 1.43 bits per heavy atom. The van der Waals surface area contributed by atoms with E-state index in [2.05, 4.69) is 10.0 Å². The lowest BCUT2D eigenvalue weighted by Gasteiger charge is -2.11. The Hall–Kier alpha value is -3.65. The fourth-order valence-electron chi connectivity index (χ4n) is 2.71. The molecule has 0 radical (unpaired) electrons. The van der Waals surface area contributed by atoms with Crippen LogP contribution in [0.4, 0.5) is 11.4 Å². The van der Waals surface area contributed by atoms with E-state index in [1.54, 1.807) is 25.1 Å². The molecule has 0 spiro atoms. The molecule has 0 saturated carbocycles. The Balaban J connectivity index is 1.74. The number of rotatable bonds is 6. The van der Waals surface area contributed by atoms with E-state index >= 15 is 0 Å². The van der Waals surface area contributed by atoms with Gasteiger partial charge in [-0.2, -0.15) is 0 Å². The molecule has 0 atom stereocenters. The number of carbonyl (C=O) groups is 2. The van der Waals surface area contributed by atoms with Crippen LogP contribution >= 0.6 is 0 Å². The molecule has 30 heavy (non-hydrogen) atoms. The molecule has 3 N–H and O–H groups in total. The summed E-state index contributed by atoms with van der Waals surface area (Å²) in [5.74, 6) is -1.52. The fraction of sp³-hybridized carbons (Fsp3) is 0.0909. The molecule has 3 rings (SSSR count). The van der Waals surface area contributed by atoms with Crippen molar-refractivity contribution in [2.45, 2.75) is 18.7 Å². The van der Waals surface area contributed by atoms with Crippen LogP contribution in [-0.2, 0) is 10.0 Å². The molecule has 3 aromatic carbocycles. The Morgan fingerprint density at radius 3 is 2.03 bits per heavy atom. The first kappa shape index (κ1) is 21.1. The van der Waals surface area contributed by atoms with Gasteiger partial charge in [0.2, 0.25) is 0 Å². The Morgan fingerprint density at radius 1 is 0.833 bits per heavy atom. The second kappa shape index (κ2) is 8.38. The minimum atomic E-state index is -3.74. The lowest BCUT2D eigenvalue weighted by atomic mass is 10.1. The highest BCUT2D eigenvalue weighted by Gasteiger charge is 2.15. The lowest BCUT2D eigenvalue weighted by molar-refractivity contribution is 0.0696. The van der Waals surface area contributed by atoms with E-state index in [1.165, 1.54) is 48.5 Å². The van der Waals surface area contributed by atoms with Crippen molar-refractivity contribution in [1.82, 2.24) is 0 Å². The van der Waals surface area contributed by atoms with Crippen LogP contribution in [0.25, 0.3) is 0 Å². The van der Waals surface area contributed by atoms with Crippen LogP contribution in [0.5, 0.6) is 0 Å². The summed E-state index contributed by atoms with van der Waals surface area (Å²) in [6, 6.07) is 16.9. The molecule has 154 valence electrons. The van der Waals surface area contributed by atoms with E-state index in [9.17, 15) is 18.0 Å². The summed E-state index contributed by atoms with van der Waals surface area (Å²) in [7, 11) is -3.74. The maximum atomic E-state index is 12.5. The van der Waals surface area contributed by atoms with Gasteiger partial charge in [-0.25, -0.2) is 13.2 Å². The first-order chi connectivity index (χ1) is 14.2. The first-order valence-electron chi connectivity index (χ1n) is 9.00. The monoisotopic (exact) mass is 424 g/mol. The summed E-state index contributed by atoms with van der Waals surface area (Å²) >= 11 is 0. The number of anilines is 2. The number of aromatic carboxylic acids is 1. The van der Waals surface area contributed by atoms with Gasteiger partial charge in [-0.1, -0.05) is 23.8 Å². The summed E-state index contributed by atoms with van der Waals surface area (Å²) in [5, 5.41) is 11.8. The largest absolute Gasteiger partial charge is 0.478 e. The van der Waals surface area contributed by atoms with Crippen molar-refractivity contribution in [3.05, 3.63) is 89.0 Å². The number of sulfonamides is 1. The highest BCUT2D eigenvalue weighted by molar-refractivity contribution is 7.92. The predicted molar refractivity (Wildman–Crippen MR) is 115 cm³/mol. The lowest BCUT2D eigenvalue weighted by Crippen LogP contribution is -2.15. The van der Waals surface area contributed by atoms with E-state index in [4.69, 9.17) is 5.11 Å². The van der Waals surface area contributed by atoms with Gasteiger partial charge in [0.05, 0.1) is 10.5 Å². The Kier molecular flexibility index (Phi) is 5.89. The number of carboxylic acids is 1. The van der Waals surface area contributed by atoms with Gasteiger partial charge in [-0.15, -0.1) is 0 Å². The number of aryl methyl sites for hydroxylation is 2. The van der Waals surface area contributed by atoms with Crippen LogP contribution in [0.1, 0.15) is 31.8 Å². The molecule has 0 unspecified atom stereocenters. The second-order valence-corrected chi connectivity index (χ2v) is 8.47. The normalized spacial score (nSPS) is 11.0. The van der Waals surface area contributed by atoms with Crippen molar-refractivity contribution in [2.75, 3.05) is 10.0 Å². The third-order valence-electron chi connectivity index (χ3n) is 4.46. The van der Waals surface area contributed by atoms with Gasteiger partial charge in [0, 0.05) is 16.9 Å². The van der Waals surface area contributed by atoms with Crippen molar-refractivity contribution in [2.24, 2.45) is 0 Å². The minimum absolute atomic E-state index is 0.0664. The fourth-order valence-corrected chi connectivity index (χ4v) is 3.76. The van der Waals surface area contributed by atoms with E-state index in [0.29, 0.717) is 16.9 Å². The first-order valence-corrected chi connectivity index (χ1v) is 10.5. The van der Waals surface area contributed by atoms with E-state index < -0.39 is 21.9 Å². The maximum absolute atomic E-state index is 12.5. The van der Waals surface area contributed by atoms with Crippen molar-refractivity contribution < 1.29 is 23.1 Å². The average molecular weight is 424 g/mol. The summed E-state index contributed by atoms with van der Waals surface area (Å²) < 4.78 is 27.4. The topological polar surface area (TPSA) is 113 Å². The smallest absolute Gasteiger partial charge is 0.335 e. The SMILES string of the molecule is Cc1ccc(S(=O)(=O)Nc2ccc(C(=O)Nc3cc(C(=O)O)ccc3C)cc2)cc1. The molecule has 0 heterocycles. The maximum Gasteiger partial charge on any atom is 0.335 e. The summed E-state index contributed by atoms with van der Waals surface area (Å²) in [6.07, 6.45) is 0. The Bertz CT molecular complexity index is 1200. The van der Waals surface area contributed by atoms with Crippen LogP contribution in [0, 0.1) is 13.8 Å². The van der Waals surface area contributed by atoms with Crippen molar-refractivity contribution in [1.29, 1.82) is 0 Å². The number of hydrogen-bond donors (Lipinski definition) is 3. The van der Waals surface area contributed by atoms with Gasteiger partial charge in [-0.05, 0) is 67.9 Å². The van der Waals surface area contributed by atoms with Gasteiger partial charge in [0.1, 0.15) is 0 Å². The number of hydrogen-bond acceptors (Lipinski definition) is 4. The van der Waals surface area contributed by atoms with Crippen molar-refractivity contribution in [3.63, 3.8) is 0 Å². The highest BCUT2D eigenvalue weighted by atomic mass is 32.2. The molecule has 0 fully saturated rings. The molecule has 0 bridgehead atoms. The number of amides is 1. The van der Waals surface area contributed by atoms with E-state index in [1.807, 2.05) is 6.92 Å². The molecular weight excluding hydrogens is 404 g/mol. The third kappa shape index (κ3) is 4.84. The molecule has 3 aromatic rings. The molecule has 7 nitrogen and oxygen atoms in total. The standard InChI is InChI=1S/C22H20N2O5S/c1-14-3-11-19(12-4-14)30(28,29)24-18-9-7-16(8-10-18)21(25)23-20-13-17(22(26)27)6-5-15(20)2/h3-13,24H,1-2H3,(H,23,25)(H,26,27). The van der Waals surface area contributed by atoms with Gasteiger partial charge in [-0.3, -0.25) is 9.52 Å². The number of carboxylic acid groups (broad SMARTS) is 1. The number of benzene rings is 3. The molecule has 1 amide bonds. The van der Waals surface area contributed by atoms with Gasteiger partial charge >= 0.3 is 5.97 Å². The summed E-state index contributed by atoms with van der Waals surface area (Å²) in [6.45, 7) is 3.62. The number of nitrogens with one attached hydrogen (secondary N) is 2. The van der Waals surface area contributed by atoms with Gasteiger partial charge in [0.15, 0.2) is 0 Å². The van der Waals surface area contributed by atoms with E-state index in [-0.39, 0.29) is 10.5 Å². The zero-order chi connectivity index (χ0) is 21.9. The average Bonchev–Trinajstić information content (AvgIpc) is 2.70. The third-order valence-corrected chi connectivity index (χ3v) is 5.86. The molecule has 0 aromatic heterocycles. The van der Waals surface area contributed by atoms with Gasteiger partial charge < -0.3 is 10.4 Å². The van der Waals surface area contributed by atoms with Crippen LogP contribution in [-0.4, -0.2) is 25.4 Å². The molecule has 0 aliphatic heterocycles. The minimum Gasteiger partial charge on any atom is -0.478 e. The molecule has 0 saturated heterocycles. The zero-order valence-electron chi connectivity index (χ0n) is 16.3. The van der Waals surface area contributed by atoms with Crippen LogP contribution in [0.3, 0.4) is 0 Å². The van der Waals surface area contributed by atoms with E-state index in [0.717, 1.165) is 11.1 Å². The molecular formula is C22H20N2O5S. The zero-order valence-corrected chi connectivity index (χ0v) is 17.2. The van der Waals surface area contributed by atoms with Gasteiger partial charge in [0.25, 0.3) is 15.9 Å². The summed E-state index contributed by atoms with van der Waals surface area (Å²) in [4.78, 5) is 23.8. The Labute approximate surface area is 174 Å². The predicted octanol–water partition coefficient (Wildman–Crippen LogP) is 4.05.